The Labute approximate surface area is 184 Å². The van der Waals surface area contributed by atoms with Crippen molar-refractivity contribution in [3.63, 3.8) is 0 Å². The van der Waals surface area contributed by atoms with Gasteiger partial charge in [-0.1, -0.05) is 37.6 Å². The Hall–Kier alpha value is -3.51. The normalized spacial score (nSPS) is 10.7. The van der Waals surface area contributed by atoms with Crippen LogP contribution in [0.2, 0.25) is 0 Å². The summed E-state index contributed by atoms with van der Waals surface area (Å²) in [5.41, 5.74) is 3.15. The largest absolute Gasteiger partial charge is 0.462 e. The second-order valence-corrected chi connectivity index (χ2v) is 8.02. The summed E-state index contributed by atoms with van der Waals surface area (Å²) < 4.78 is 5.22. The summed E-state index contributed by atoms with van der Waals surface area (Å²) in [6.07, 6.45) is 1.81. The summed E-state index contributed by atoms with van der Waals surface area (Å²) in [5.74, 6) is -0.582. The first kappa shape index (κ1) is 20.8. The average molecular weight is 431 g/mol. The van der Waals surface area contributed by atoms with Gasteiger partial charge < -0.3 is 10.1 Å². The van der Waals surface area contributed by atoms with E-state index in [0.29, 0.717) is 23.4 Å². The first-order valence-electron chi connectivity index (χ1n) is 10.2. The van der Waals surface area contributed by atoms with Crippen molar-refractivity contribution in [2.45, 2.75) is 19.8 Å². The molecule has 0 saturated carbocycles. The number of pyridine rings is 1. The molecule has 31 heavy (non-hydrogen) atoms. The van der Waals surface area contributed by atoms with Crippen LogP contribution in [0.25, 0.3) is 21.5 Å². The van der Waals surface area contributed by atoms with Crippen LogP contribution in [-0.4, -0.2) is 23.5 Å². The van der Waals surface area contributed by atoms with Crippen molar-refractivity contribution in [1.29, 1.82) is 0 Å². The van der Waals surface area contributed by atoms with Gasteiger partial charge in [-0.15, -0.1) is 11.3 Å². The Bertz CT molecular complexity index is 1200. The number of rotatable bonds is 7. The van der Waals surface area contributed by atoms with Gasteiger partial charge in [-0.2, -0.15) is 0 Å². The van der Waals surface area contributed by atoms with Gasteiger partial charge in [-0.3, -0.25) is 4.79 Å². The monoisotopic (exact) mass is 430 g/mol. The van der Waals surface area contributed by atoms with Gasteiger partial charge in [0.1, 0.15) is 0 Å². The third kappa shape index (κ3) is 4.81. The van der Waals surface area contributed by atoms with Crippen molar-refractivity contribution in [2.75, 3.05) is 11.9 Å². The first-order valence-corrected chi connectivity index (χ1v) is 11.1. The topological polar surface area (TPSA) is 68.3 Å². The number of unbranched alkanes of at least 4 members (excludes halogenated alkanes) is 1. The van der Waals surface area contributed by atoms with Crippen molar-refractivity contribution >= 4 is 39.8 Å². The highest BCUT2D eigenvalue weighted by Gasteiger charge is 2.15. The highest BCUT2D eigenvalue weighted by molar-refractivity contribution is 7.13. The number of nitrogens with zero attached hydrogens (tertiary/aromatic N) is 1. The summed E-state index contributed by atoms with van der Waals surface area (Å²) in [5, 5.41) is 5.70. The number of hydrogen-bond donors (Lipinski definition) is 1. The number of anilines is 1. The Balaban J connectivity index is 1.56. The molecule has 0 saturated heterocycles. The molecule has 0 unspecified atom stereocenters. The fourth-order valence-corrected chi connectivity index (χ4v) is 3.88. The van der Waals surface area contributed by atoms with Crippen molar-refractivity contribution in [1.82, 2.24) is 4.98 Å². The van der Waals surface area contributed by atoms with Gasteiger partial charge >= 0.3 is 5.97 Å². The SMILES string of the molecule is CCCCOC(=O)c1ccc(NC(=O)c2cc(-c3cccs3)nc3ccccc23)cc1. The third-order valence-electron chi connectivity index (χ3n) is 4.84. The lowest BCUT2D eigenvalue weighted by Gasteiger charge is -2.10. The van der Waals surface area contributed by atoms with Crippen LogP contribution >= 0.6 is 11.3 Å². The maximum absolute atomic E-state index is 13.1. The number of amides is 1. The molecule has 0 aliphatic heterocycles. The fourth-order valence-electron chi connectivity index (χ4n) is 3.19. The van der Waals surface area contributed by atoms with Gasteiger partial charge in [-0.25, -0.2) is 9.78 Å². The van der Waals surface area contributed by atoms with E-state index in [0.717, 1.165) is 34.3 Å². The number of para-hydroxylation sites is 1. The Morgan fingerprint density at radius 2 is 1.84 bits per heavy atom. The number of benzene rings is 2. The van der Waals surface area contributed by atoms with Gasteiger partial charge in [0.25, 0.3) is 5.91 Å². The molecule has 6 heteroatoms. The minimum atomic E-state index is -0.355. The molecule has 2 aromatic carbocycles. The number of carbonyl (C=O) groups excluding carboxylic acids is 2. The zero-order valence-corrected chi connectivity index (χ0v) is 17.9. The lowest BCUT2D eigenvalue weighted by molar-refractivity contribution is 0.0499. The van der Waals surface area contributed by atoms with Crippen molar-refractivity contribution in [3.8, 4) is 10.6 Å². The molecule has 0 aliphatic carbocycles. The highest BCUT2D eigenvalue weighted by atomic mass is 32.1. The van der Waals surface area contributed by atoms with Crippen LogP contribution in [0, 0.1) is 0 Å². The van der Waals surface area contributed by atoms with Gasteiger partial charge in [-0.05, 0) is 54.3 Å². The predicted molar refractivity (Wildman–Crippen MR) is 125 cm³/mol. The molecule has 0 bridgehead atoms. The van der Waals surface area contributed by atoms with E-state index in [9.17, 15) is 9.59 Å². The van der Waals surface area contributed by atoms with Crippen molar-refractivity contribution in [3.05, 3.63) is 83.2 Å². The van der Waals surface area contributed by atoms with Crippen LogP contribution in [0.1, 0.15) is 40.5 Å². The number of nitrogens with one attached hydrogen (secondary N) is 1. The molecule has 2 aromatic heterocycles. The van der Waals surface area contributed by atoms with E-state index < -0.39 is 0 Å². The van der Waals surface area contributed by atoms with Gasteiger partial charge in [0.05, 0.1) is 33.8 Å². The molecule has 4 aromatic rings. The molecule has 0 spiro atoms. The number of carbonyl (C=O) groups is 2. The number of fused-ring (bicyclic) bond motifs is 1. The van der Waals surface area contributed by atoms with E-state index in [4.69, 9.17) is 9.72 Å². The molecule has 5 nitrogen and oxygen atoms in total. The van der Waals surface area contributed by atoms with E-state index >= 15 is 0 Å². The van der Waals surface area contributed by atoms with Crippen molar-refractivity contribution < 1.29 is 14.3 Å². The Morgan fingerprint density at radius 3 is 2.58 bits per heavy atom. The number of ether oxygens (including phenoxy) is 1. The lowest BCUT2D eigenvalue weighted by atomic mass is 10.1. The van der Waals surface area contributed by atoms with Crippen molar-refractivity contribution in [2.24, 2.45) is 0 Å². The number of hydrogen-bond acceptors (Lipinski definition) is 5. The van der Waals surface area contributed by atoms with Crippen LogP contribution < -0.4 is 5.32 Å². The predicted octanol–water partition coefficient (Wildman–Crippen LogP) is 6.17. The Morgan fingerprint density at radius 1 is 1.03 bits per heavy atom. The molecule has 0 aliphatic rings. The lowest BCUT2D eigenvalue weighted by Crippen LogP contribution is -2.13. The van der Waals surface area contributed by atoms with E-state index in [2.05, 4.69) is 5.32 Å². The summed E-state index contributed by atoms with van der Waals surface area (Å²) in [6, 6.07) is 20.1. The van der Waals surface area contributed by atoms with Gasteiger partial charge in [0, 0.05) is 11.1 Å². The highest BCUT2D eigenvalue weighted by Crippen LogP contribution is 2.28. The standard InChI is InChI=1S/C25H22N2O3S/c1-2-3-14-30-25(29)17-10-12-18(13-11-17)26-24(28)20-16-22(23-9-6-15-31-23)27-21-8-5-4-7-19(20)21/h4-13,15-16H,2-3,14H2,1H3,(H,26,28). The number of aromatic nitrogens is 1. The molecule has 0 radical (unpaired) electrons. The van der Waals surface area contributed by atoms with Crippen LogP contribution in [-0.2, 0) is 4.74 Å². The summed E-state index contributed by atoms with van der Waals surface area (Å²) in [7, 11) is 0. The molecule has 0 fully saturated rings. The zero-order valence-electron chi connectivity index (χ0n) is 17.1. The quantitative estimate of drug-likeness (QED) is 0.281. The maximum Gasteiger partial charge on any atom is 0.338 e. The summed E-state index contributed by atoms with van der Waals surface area (Å²) in [4.78, 5) is 30.9. The van der Waals surface area contributed by atoms with Crippen LogP contribution in [0.5, 0.6) is 0 Å². The summed E-state index contributed by atoms with van der Waals surface area (Å²) in [6.45, 7) is 2.45. The van der Waals surface area contributed by atoms with Gasteiger partial charge in [0.15, 0.2) is 0 Å². The zero-order chi connectivity index (χ0) is 21.6. The third-order valence-corrected chi connectivity index (χ3v) is 5.74. The molecule has 156 valence electrons. The number of thiophene rings is 1. The van der Waals surface area contributed by atoms with Crippen LogP contribution in [0.3, 0.4) is 0 Å². The van der Waals surface area contributed by atoms with E-state index in [1.165, 1.54) is 0 Å². The Kier molecular flexibility index (Phi) is 6.38. The maximum atomic E-state index is 13.1. The molecule has 1 amide bonds. The van der Waals surface area contributed by atoms with Crippen LogP contribution in [0.4, 0.5) is 5.69 Å². The second-order valence-electron chi connectivity index (χ2n) is 7.07. The molecule has 4 rings (SSSR count). The molecule has 0 atom stereocenters. The smallest absolute Gasteiger partial charge is 0.338 e. The van der Waals surface area contributed by atoms with E-state index in [1.54, 1.807) is 35.6 Å². The minimum absolute atomic E-state index is 0.227. The van der Waals surface area contributed by atoms with E-state index in [1.807, 2.05) is 54.8 Å². The minimum Gasteiger partial charge on any atom is -0.462 e. The second kappa shape index (κ2) is 9.53. The fraction of sp³-hybridized carbons (Fsp3) is 0.160. The molecular weight excluding hydrogens is 408 g/mol. The van der Waals surface area contributed by atoms with E-state index in [-0.39, 0.29) is 11.9 Å². The number of esters is 1. The first-order chi connectivity index (χ1) is 15.2. The summed E-state index contributed by atoms with van der Waals surface area (Å²) >= 11 is 1.58. The average Bonchev–Trinajstić information content (AvgIpc) is 3.34. The van der Waals surface area contributed by atoms with Crippen LogP contribution in [0.15, 0.2) is 72.1 Å². The van der Waals surface area contributed by atoms with Gasteiger partial charge in [0.2, 0.25) is 0 Å². The molecular formula is C25H22N2O3S. The molecule has 2 heterocycles. The molecule has 1 N–H and O–H groups in total.